The summed E-state index contributed by atoms with van der Waals surface area (Å²) < 4.78 is 65.3. The molecule has 1 aliphatic heterocycles. The topological polar surface area (TPSA) is 78.5 Å². The first-order chi connectivity index (χ1) is 14.0. The van der Waals surface area contributed by atoms with Gasteiger partial charge in [-0.1, -0.05) is 18.0 Å². The Bertz CT molecular complexity index is 834. The van der Waals surface area contributed by atoms with E-state index in [-0.39, 0.29) is 18.9 Å². The predicted octanol–water partition coefficient (Wildman–Crippen LogP) is 3.41. The van der Waals surface area contributed by atoms with Gasteiger partial charge in [0.2, 0.25) is 15.9 Å². The molecule has 1 unspecified atom stereocenters. The van der Waals surface area contributed by atoms with E-state index >= 15 is 0 Å². The minimum Gasteiger partial charge on any atom is -0.356 e. The molecule has 1 amide bonds. The summed E-state index contributed by atoms with van der Waals surface area (Å²) in [5.41, 5.74) is -1.23. The Morgan fingerprint density at radius 2 is 2.00 bits per heavy atom. The van der Waals surface area contributed by atoms with Crippen molar-refractivity contribution in [3.8, 4) is 0 Å². The first kappa shape index (κ1) is 24.9. The average molecular weight is 470 g/mol. The largest absolute Gasteiger partial charge is 0.417 e. The summed E-state index contributed by atoms with van der Waals surface area (Å²) in [6, 6.07) is 2.90. The van der Waals surface area contributed by atoms with E-state index < -0.39 is 31.7 Å². The van der Waals surface area contributed by atoms with Crippen LogP contribution in [-0.4, -0.2) is 51.4 Å². The van der Waals surface area contributed by atoms with Crippen LogP contribution in [0, 0.1) is 0 Å². The number of sulfonamides is 1. The highest BCUT2D eigenvalue weighted by Crippen LogP contribution is 2.35. The summed E-state index contributed by atoms with van der Waals surface area (Å²) in [6.45, 7) is 4.42. The number of benzene rings is 1. The van der Waals surface area contributed by atoms with Gasteiger partial charge >= 0.3 is 6.18 Å². The van der Waals surface area contributed by atoms with Crippen LogP contribution in [0.3, 0.4) is 0 Å². The lowest BCUT2D eigenvalue weighted by Gasteiger charge is -2.33. The molecule has 1 fully saturated rings. The van der Waals surface area contributed by atoms with Crippen LogP contribution in [-0.2, 0) is 21.0 Å². The Balaban J connectivity index is 1.75. The molecule has 0 bridgehead atoms. The Kier molecular flexibility index (Phi) is 8.96. The van der Waals surface area contributed by atoms with Crippen LogP contribution in [0.25, 0.3) is 0 Å². The van der Waals surface area contributed by atoms with Crippen molar-refractivity contribution in [2.45, 2.75) is 56.1 Å². The number of halogens is 4. The van der Waals surface area contributed by atoms with Gasteiger partial charge in [0.05, 0.1) is 15.5 Å². The van der Waals surface area contributed by atoms with Crippen molar-refractivity contribution < 1.29 is 26.4 Å². The number of carbonyl (C=O) groups excluding carboxylic acids is 1. The highest BCUT2D eigenvalue weighted by atomic mass is 35.5. The van der Waals surface area contributed by atoms with Gasteiger partial charge in [-0.25, -0.2) is 13.1 Å². The summed E-state index contributed by atoms with van der Waals surface area (Å²) in [7, 11) is -4.20. The maximum absolute atomic E-state index is 12.9. The third-order valence-electron chi connectivity index (χ3n) is 5.08. The van der Waals surface area contributed by atoms with E-state index in [4.69, 9.17) is 11.6 Å². The number of carbonyl (C=O) groups is 1. The highest BCUT2D eigenvalue weighted by molar-refractivity contribution is 7.89. The summed E-state index contributed by atoms with van der Waals surface area (Å²) in [6.07, 6.45) is -0.461. The molecule has 30 heavy (non-hydrogen) atoms. The fourth-order valence-electron chi connectivity index (χ4n) is 3.36. The van der Waals surface area contributed by atoms with Crippen molar-refractivity contribution in [2.75, 3.05) is 26.2 Å². The van der Waals surface area contributed by atoms with Crippen LogP contribution in [0.5, 0.6) is 0 Å². The zero-order chi connectivity index (χ0) is 22.4. The molecule has 1 aromatic carbocycles. The molecule has 0 spiro atoms. The highest BCUT2D eigenvalue weighted by Gasteiger charge is 2.34. The predicted molar refractivity (Wildman–Crippen MR) is 109 cm³/mol. The maximum Gasteiger partial charge on any atom is 0.417 e. The zero-order valence-electron chi connectivity index (χ0n) is 16.8. The molecule has 0 aromatic heterocycles. The summed E-state index contributed by atoms with van der Waals surface area (Å²) in [5.74, 6) is -0.323. The first-order valence-electron chi connectivity index (χ1n) is 9.88. The van der Waals surface area contributed by atoms with Gasteiger partial charge in [-0.2, -0.15) is 13.2 Å². The molecular weight excluding hydrogens is 443 g/mol. The van der Waals surface area contributed by atoms with Gasteiger partial charge in [-0.05, 0) is 50.9 Å². The van der Waals surface area contributed by atoms with E-state index in [9.17, 15) is 26.4 Å². The van der Waals surface area contributed by atoms with Gasteiger partial charge in [-0.15, -0.1) is 0 Å². The lowest BCUT2D eigenvalue weighted by atomic mass is 10.0. The summed E-state index contributed by atoms with van der Waals surface area (Å²) in [4.78, 5) is 13.7. The average Bonchev–Trinajstić information content (AvgIpc) is 2.65. The van der Waals surface area contributed by atoms with Gasteiger partial charge < -0.3 is 10.2 Å². The van der Waals surface area contributed by atoms with E-state index in [1.54, 1.807) is 0 Å². The van der Waals surface area contributed by atoms with E-state index in [1.807, 2.05) is 0 Å². The second-order valence-corrected chi connectivity index (χ2v) is 9.55. The van der Waals surface area contributed by atoms with E-state index in [0.717, 1.165) is 31.6 Å². The van der Waals surface area contributed by atoms with Gasteiger partial charge in [0.1, 0.15) is 0 Å². The first-order valence-corrected chi connectivity index (χ1v) is 11.7. The lowest BCUT2D eigenvalue weighted by molar-refractivity contribution is -0.137. The molecule has 0 radical (unpaired) electrons. The number of hydrogen-bond donors (Lipinski definition) is 2. The Morgan fingerprint density at radius 3 is 2.67 bits per heavy atom. The minimum atomic E-state index is -4.77. The second kappa shape index (κ2) is 10.8. The van der Waals surface area contributed by atoms with Crippen LogP contribution in [0.15, 0.2) is 23.1 Å². The van der Waals surface area contributed by atoms with Gasteiger partial charge in [-0.3, -0.25) is 4.79 Å². The van der Waals surface area contributed by atoms with Crippen molar-refractivity contribution in [3.63, 3.8) is 0 Å². The summed E-state index contributed by atoms with van der Waals surface area (Å²) in [5, 5.41) is 2.15. The van der Waals surface area contributed by atoms with Crippen LogP contribution in [0.1, 0.15) is 44.6 Å². The van der Waals surface area contributed by atoms with Crippen LogP contribution >= 0.6 is 11.6 Å². The number of piperidine rings is 1. The standard InChI is InChI=1S/C19H27ClF3N3O3S/c1-14-5-2-3-11-26(14)12-4-9-24-18(27)8-10-25-30(28,29)15-6-7-17(20)16(13-15)19(21,22)23/h6-7,13-14,25H,2-5,8-12H2,1H3,(H,24,27). The van der Waals surface area contributed by atoms with Crippen molar-refractivity contribution >= 4 is 27.5 Å². The Labute approximate surface area is 180 Å². The third-order valence-corrected chi connectivity index (χ3v) is 6.87. The van der Waals surface area contributed by atoms with Gasteiger partial charge in [0.25, 0.3) is 0 Å². The van der Waals surface area contributed by atoms with Crippen LogP contribution in [0.2, 0.25) is 5.02 Å². The van der Waals surface area contributed by atoms with E-state index in [0.29, 0.717) is 18.7 Å². The van der Waals surface area contributed by atoms with Crippen LogP contribution < -0.4 is 10.0 Å². The fraction of sp³-hybridized carbons (Fsp3) is 0.632. The van der Waals surface area contributed by atoms with Crippen molar-refractivity contribution in [1.82, 2.24) is 14.9 Å². The van der Waals surface area contributed by atoms with Gasteiger partial charge in [0, 0.05) is 32.1 Å². The molecule has 1 aliphatic rings. The van der Waals surface area contributed by atoms with E-state index in [2.05, 4.69) is 21.9 Å². The molecule has 2 rings (SSSR count). The monoisotopic (exact) mass is 469 g/mol. The quantitative estimate of drug-likeness (QED) is 0.543. The number of rotatable bonds is 9. The number of amides is 1. The molecule has 170 valence electrons. The molecular formula is C19H27ClF3N3O3S. The molecule has 1 saturated heterocycles. The molecule has 1 atom stereocenters. The number of alkyl halides is 3. The molecule has 11 heteroatoms. The number of nitrogens with one attached hydrogen (secondary N) is 2. The van der Waals surface area contributed by atoms with Gasteiger partial charge in [0.15, 0.2) is 0 Å². The minimum absolute atomic E-state index is 0.112. The van der Waals surface area contributed by atoms with Crippen molar-refractivity contribution in [1.29, 1.82) is 0 Å². The SMILES string of the molecule is CC1CCCCN1CCCNC(=O)CCNS(=O)(=O)c1ccc(Cl)c(C(F)(F)F)c1. The zero-order valence-corrected chi connectivity index (χ0v) is 18.3. The molecule has 1 aromatic rings. The number of likely N-dealkylation sites (tertiary alicyclic amines) is 1. The molecule has 2 N–H and O–H groups in total. The number of hydrogen-bond acceptors (Lipinski definition) is 4. The molecule has 1 heterocycles. The van der Waals surface area contributed by atoms with Crippen LogP contribution in [0.4, 0.5) is 13.2 Å². The Hall–Kier alpha value is -1.36. The smallest absolute Gasteiger partial charge is 0.356 e. The third kappa shape index (κ3) is 7.40. The van der Waals surface area contributed by atoms with E-state index in [1.165, 1.54) is 19.3 Å². The normalized spacial score (nSPS) is 18.4. The maximum atomic E-state index is 12.9. The molecule has 0 aliphatic carbocycles. The van der Waals surface area contributed by atoms with Crippen molar-refractivity contribution in [3.05, 3.63) is 28.8 Å². The molecule has 6 nitrogen and oxygen atoms in total. The second-order valence-electron chi connectivity index (χ2n) is 7.37. The fourth-order valence-corrected chi connectivity index (χ4v) is 4.64. The number of nitrogens with zero attached hydrogens (tertiary/aromatic N) is 1. The lowest BCUT2D eigenvalue weighted by Crippen LogP contribution is -2.39. The van der Waals surface area contributed by atoms with Crippen molar-refractivity contribution in [2.24, 2.45) is 0 Å². The summed E-state index contributed by atoms with van der Waals surface area (Å²) >= 11 is 5.50. The Morgan fingerprint density at radius 1 is 1.27 bits per heavy atom. The molecule has 0 saturated carbocycles.